The highest BCUT2D eigenvalue weighted by Crippen LogP contribution is 2.35. The van der Waals surface area contributed by atoms with Crippen molar-refractivity contribution in [3.63, 3.8) is 0 Å². The molecule has 0 aliphatic heterocycles. The molecule has 0 radical (unpaired) electrons. The Hall–Kier alpha value is -1.52. The number of hydrogen-bond acceptors (Lipinski definition) is 3. The predicted molar refractivity (Wildman–Crippen MR) is 119 cm³/mol. The van der Waals surface area contributed by atoms with E-state index in [1.54, 1.807) is 0 Å². The standard InChI is InChI=1S/C24H32BrNO2/c1-3-27-23-14-20(16-26-21-12-6-4-5-7-13-21)22(25)15-24(23)28-17-19-11-9-8-10-18(19)2/h8-11,14-15,21,26H,3-7,12-13,16-17H2,1-2H3. The number of hydrogen-bond donors (Lipinski definition) is 1. The van der Waals surface area contributed by atoms with Crippen LogP contribution in [0.25, 0.3) is 0 Å². The van der Waals surface area contributed by atoms with Crippen molar-refractivity contribution in [3.05, 3.63) is 57.6 Å². The van der Waals surface area contributed by atoms with Crippen LogP contribution in [0.2, 0.25) is 0 Å². The van der Waals surface area contributed by atoms with Gasteiger partial charge in [0.2, 0.25) is 0 Å². The van der Waals surface area contributed by atoms with E-state index < -0.39 is 0 Å². The lowest BCUT2D eigenvalue weighted by Crippen LogP contribution is -2.28. The van der Waals surface area contributed by atoms with Crippen molar-refractivity contribution in [3.8, 4) is 11.5 Å². The van der Waals surface area contributed by atoms with E-state index in [-0.39, 0.29) is 0 Å². The van der Waals surface area contributed by atoms with Gasteiger partial charge in [-0.25, -0.2) is 0 Å². The Kier molecular flexibility index (Phi) is 8.23. The monoisotopic (exact) mass is 445 g/mol. The van der Waals surface area contributed by atoms with E-state index in [2.05, 4.69) is 52.4 Å². The summed E-state index contributed by atoms with van der Waals surface area (Å²) in [6.07, 6.45) is 8.01. The third kappa shape index (κ3) is 5.99. The van der Waals surface area contributed by atoms with E-state index in [0.717, 1.165) is 22.5 Å². The fraction of sp³-hybridized carbons (Fsp3) is 0.500. The molecule has 28 heavy (non-hydrogen) atoms. The Labute approximate surface area is 178 Å². The lowest BCUT2D eigenvalue weighted by molar-refractivity contribution is 0.268. The molecule has 0 spiro atoms. The Morgan fingerprint density at radius 2 is 1.68 bits per heavy atom. The van der Waals surface area contributed by atoms with Gasteiger partial charge in [-0.3, -0.25) is 0 Å². The van der Waals surface area contributed by atoms with Gasteiger partial charge in [0.25, 0.3) is 0 Å². The van der Waals surface area contributed by atoms with Crippen LogP contribution >= 0.6 is 15.9 Å². The highest BCUT2D eigenvalue weighted by Gasteiger charge is 2.15. The Bertz CT molecular complexity index is 754. The molecule has 0 heterocycles. The minimum atomic E-state index is 0.541. The summed E-state index contributed by atoms with van der Waals surface area (Å²) in [7, 11) is 0. The first-order valence-electron chi connectivity index (χ1n) is 10.5. The number of halogens is 1. The van der Waals surface area contributed by atoms with E-state index in [9.17, 15) is 0 Å². The van der Waals surface area contributed by atoms with Gasteiger partial charge in [-0.1, -0.05) is 65.9 Å². The van der Waals surface area contributed by atoms with Crippen LogP contribution in [-0.4, -0.2) is 12.6 Å². The molecule has 0 amide bonds. The molecule has 0 atom stereocenters. The van der Waals surface area contributed by atoms with Crippen LogP contribution in [0.4, 0.5) is 0 Å². The molecular formula is C24H32BrNO2. The normalized spacial score (nSPS) is 15.2. The minimum Gasteiger partial charge on any atom is -0.490 e. The summed E-state index contributed by atoms with van der Waals surface area (Å²) in [4.78, 5) is 0. The van der Waals surface area contributed by atoms with Crippen molar-refractivity contribution < 1.29 is 9.47 Å². The van der Waals surface area contributed by atoms with E-state index in [4.69, 9.17) is 9.47 Å². The van der Waals surface area contributed by atoms with Crippen LogP contribution in [0.15, 0.2) is 40.9 Å². The van der Waals surface area contributed by atoms with Gasteiger partial charge < -0.3 is 14.8 Å². The van der Waals surface area contributed by atoms with Crippen LogP contribution in [0, 0.1) is 6.92 Å². The van der Waals surface area contributed by atoms with Gasteiger partial charge in [0.15, 0.2) is 11.5 Å². The quantitative estimate of drug-likeness (QED) is 0.467. The van der Waals surface area contributed by atoms with Gasteiger partial charge in [-0.15, -0.1) is 0 Å². The highest BCUT2D eigenvalue weighted by atomic mass is 79.9. The van der Waals surface area contributed by atoms with Crippen molar-refractivity contribution in [1.29, 1.82) is 0 Å². The molecule has 1 aliphatic rings. The Morgan fingerprint density at radius 1 is 0.964 bits per heavy atom. The van der Waals surface area contributed by atoms with Crippen molar-refractivity contribution >= 4 is 15.9 Å². The summed E-state index contributed by atoms with van der Waals surface area (Å²) in [6.45, 7) is 6.14. The highest BCUT2D eigenvalue weighted by molar-refractivity contribution is 9.10. The molecule has 1 aliphatic carbocycles. The molecule has 1 N–H and O–H groups in total. The fourth-order valence-electron chi connectivity index (χ4n) is 3.76. The van der Waals surface area contributed by atoms with Gasteiger partial charge >= 0.3 is 0 Å². The van der Waals surface area contributed by atoms with Crippen LogP contribution in [0.1, 0.15) is 62.1 Å². The van der Waals surface area contributed by atoms with Crippen molar-refractivity contribution in [2.45, 2.75) is 71.6 Å². The zero-order chi connectivity index (χ0) is 19.8. The molecule has 3 rings (SSSR count). The molecule has 0 unspecified atom stereocenters. The van der Waals surface area contributed by atoms with Crippen LogP contribution in [-0.2, 0) is 13.2 Å². The van der Waals surface area contributed by atoms with E-state index >= 15 is 0 Å². The summed E-state index contributed by atoms with van der Waals surface area (Å²) in [5, 5.41) is 3.75. The molecule has 1 saturated carbocycles. The number of ether oxygens (including phenoxy) is 2. The van der Waals surface area contributed by atoms with Gasteiger partial charge in [0.1, 0.15) is 6.61 Å². The molecule has 0 bridgehead atoms. The molecule has 3 nitrogen and oxygen atoms in total. The lowest BCUT2D eigenvalue weighted by atomic mass is 10.1. The number of nitrogens with one attached hydrogen (secondary N) is 1. The van der Waals surface area contributed by atoms with E-state index in [1.165, 1.54) is 55.2 Å². The Morgan fingerprint density at radius 3 is 2.39 bits per heavy atom. The summed E-state index contributed by atoms with van der Waals surface area (Å²) in [6, 6.07) is 13.1. The summed E-state index contributed by atoms with van der Waals surface area (Å²) in [5.41, 5.74) is 3.65. The first-order chi connectivity index (χ1) is 13.7. The summed E-state index contributed by atoms with van der Waals surface area (Å²) < 4.78 is 13.1. The van der Waals surface area contributed by atoms with Crippen LogP contribution in [0.5, 0.6) is 11.5 Å². The van der Waals surface area contributed by atoms with Crippen LogP contribution < -0.4 is 14.8 Å². The topological polar surface area (TPSA) is 30.5 Å². The summed E-state index contributed by atoms with van der Waals surface area (Å²) in [5.74, 6) is 1.60. The SMILES string of the molecule is CCOc1cc(CNC2CCCCCC2)c(Br)cc1OCc1ccccc1C. The third-order valence-electron chi connectivity index (χ3n) is 5.49. The Balaban J connectivity index is 1.69. The number of benzene rings is 2. The van der Waals surface area contributed by atoms with Crippen LogP contribution in [0.3, 0.4) is 0 Å². The van der Waals surface area contributed by atoms with Gasteiger partial charge in [-0.05, 0) is 55.5 Å². The fourth-order valence-corrected chi connectivity index (χ4v) is 4.22. The van der Waals surface area contributed by atoms with Gasteiger partial charge in [0, 0.05) is 17.1 Å². The molecule has 0 saturated heterocycles. The van der Waals surface area contributed by atoms with Crippen molar-refractivity contribution in [1.82, 2.24) is 5.32 Å². The van der Waals surface area contributed by atoms with E-state index in [0.29, 0.717) is 19.3 Å². The average Bonchev–Trinajstić information content (AvgIpc) is 2.97. The third-order valence-corrected chi connectivity index (χ3v) is 6.23. The lowest BCUT2D eigenvalue weighted by Gasteiger charge is -2.19. The van der Waals surface area contributed by atoms with Gasteiger partial charge in [0.05, 0.1) is 6.61 Å². The molecular weight excluding hydrogens is 414 g/mol. The molecule has 152 valence electrons. The van der Waals surface area contributed by atoms with Crippen molar-refractivity contribution in [2.75, 3.05) is 6.61 Å². The second-order valence-electron chi connectivity index (χ2n) is 7.61. The maximum absolute atomic E-state index is 6.13. The van der Waals surface area contributed by atoms with Gasteiger partial charge in [-0.2, -0.15) is 0 Å². The molecule has 2 aromatic rings. The zero-order valence-corrected chi connectivity index (χ0v) is 18.7. The zero-order valence-electron chi connectivity index (χ0n) is 17.1. The second-order valence-corrected chi connectivity index (χ2v) is 8.46. The number of aryl methyl sites for hydroxylation is 1. The molecule has 0 aromatic heterocycles. The molecule has 1 fully saturated rings. The average molecular weight is 446 g/mol. The first kappa shape index (κ1) is 21.2. The smallest absolute Gasteiger partial charge is 0.162 e. The number of rotatable bonds is 8. The minimum absolute atomic E-state index is 0.541. The summed E-state index contributed by atoms with van der Waals surface area (Å²) >= 11 is 3.74. The maximum Gasteiger partial charge on any atom is 0.162 e. The largest absolute Gasteiger partial charge is 0.490 e. The molecule has 4 heteroatoms. The molecule has 2 aromatic carbocycles. The second kappa shape index (κ2) is 10.9. The predicted octanol–water partition coefficient (Wildman–Crippen LogP) is 6.55. The van der Waals surface area contributed by atoms with E-state index in [1.807, 2.05) is 19.1 Å². The first-order valence-corrected chi connectivity index (χ1v) is 11.3. The maximum atomic E-state index is 6.13. The van der Waals surface area contributed by atoms with Crippen molar-refractivity contribution in [2.24, 2.45) is 0 Å².